The minimum atomic E-state index is -1.44. The maximum atomic E-state index is 11.9. The fourth-order valence-electron chi connectivity index (χ4n) is 4.52. The Morgan fingerprint density at radius 3 is 1.43 bits per heavy atom. The van der Waals surface area contributed by atoms with E-state index in [4.69, 9.17) is 0 Å². The Morgan fingerprint density at radius 2 is 1.05 bits per heavy atom. The molecule has 10 nitrogen and oxygen atoms in total. The van der Waals surface area contributed by atoms with Gasteiger partial charge in [-0.05, 0) is 83.1 Å². The number of aliphatic hydroxyl groups is 1. The number of nitro benzene ring substituents is 2. The minimum Gasteiger partial charge on any atom is -0.508 e. The lowest BCUT2D eigenvalue weighted by molar-refractivity contribution is -0.385. The van der Waals surface area contributed by atoms with Crippen molar-refractivity contribution in [3.05, 3.63) is 122 Å². The molecule has 4 aromatic carbocycles. The van der Waals surface area contributed by atoms with Gasteiger partial charge in [0.1, 0.15) is 11.3 Å². The Kier molecular flexibility index (Phi) is 7.27. The van der Waals surface area contributed by atoms with Crippen LogP contribution in [0.4, 0.5) is 11.4 Å². The van der Waals surface area contributed by atoms with Gasteiger partial charge < -0.3 is 10.2 Å². The summed E-state index contributed by atoms with van der Waals surface area (Å²) in [5, 5.41) is 42.5. The first kappa shape index (κ1) is 27.4. The molecule has 0 aliphatic carbocycles. The SMILES string of the molecule is C=C(O)c1ccc(-c2cc(-c3ccc(C(C)=O)c(C)c3)cc(-c3ccc(C(=O)O)c([N+](=O)[O-])c3)c2)cc1[N+](=O)[O-]. The quantitative estimate of drug-likeness (QED) is 0.103. The summed E-state index contributed by atoms with van der Waals surface area (Å²) >= 11 is 0. The van der Waals surface area contributed by atoms with Crippen LogP contribution in [0.25, 0.3) is 39.1 Å². The Labute approximate surface area is 227 Å². The van der Waals surface area contributed by atoms with Gasteiger partial charge in [-0.15, -0.1) is 0 Å². The van der Waals surface area contributed by atoms with Crippen LogP contribution in [0.5, 0.6) is 0 Å². The molecule has 4 rings (SSSR count). The lowest BCUT2D eigenvalue weighted by atomic mass is 9.91. The Hall–Kier alpha value is -5.64. The first-order chi connectivity index (χ1) is 18.9. The molecule has 2 N–H and O–H groups in total. The average molecular weight is 539 g/mol. The maximum absolute atomic E-state index is 11.9. The molecule has 0 aromatic heterocycles. The van der Waals surface area contributed by atoms with Crippen molar-refractivity contribution in [1.82, 2.24) is 0 Å². The molecule has 0 saturated carbocycles. The number of ketones is 1. The predicted molar refractivity (Wildman–Crippen MR) is 149 cm³/mol. The largest absolute Gasteiger partial charge is 0.508 e. The monoisotopic (exact) mass is 538 g/mol. The van der Waals surface area contributed by atoms with Gasteiger partial charge in [-0.1, -0.05) is 36.9 Å². The summed E-state index contributed by atoms with van der Waals surface area (Å²) in [4.78, 5) is 45.4. The number of carbonyl (C=O) groups excluding carboxylic acids is 1. The summed E-state index contributed by atoms with van der Waals surface area (Å²) < 4.78 is 0. The molecule has 0 amide bonds. The summed E-state index contributed by atoms with van der Waals surface area (Å²) in [7, 11) is 0. The summed E-state index contributed by atoms with van der Waals surface area (Å²) in [5.74, 6) is -1.99. The van der Waals surface area contributed by atoms with Crippen molar-refractivity contribution in [1.29, 1.82) is 0 Å². The van der Waals surface area contributed by atoms with Crippen molar-refractivity contribution >= 4 is 28.9 Å². The number of carboxylic acid groups (broad SMARTS) is 1. The van der Waals surface area contributed by atoms with E-state index in [1.807, 2.05) is 6.07 Å². The van der Waals surface area contributed by atoms with Gasteiger partial charge in [-0.25, -0.2) is 4.79 Å². The molecule has 10 heteroatoms. The standard InChI is InChI=1S/C30H22N2O8/c1-16-10-19(4-7-25(16)17(2)33)22-11-23(20-5-8-26(18(3)34)28(14-20)31(37)38)13-24(12-22)21-6-9-27(30(35)36)29(15-21)32(39)40/h4-15,34H,3H2,1-2H3,(H,35,36). The Morgan fingerprint density at radius 1 is 0.650 bits per heavy atom. The Balaban J connectivity index is 1.99. The second kappa shape index (κ2) is 10.6. The van der Waals surface area contributed by atoms with E-state index < -0.39 is 32.8 Å². The van der Waals surface area contributed by atoms with Crippen molar-refractivity contribution in [2.24, 2.45) is 0 Å². The number of carbonyl (C=O) groups is 2. The van der Waals surface area contributed by atoms with Crippen LogP contribution in [-0.4, -0.2) is 31.8 Å². The number of rotatable bonds is 8. The third-order valence-electron chi connectivity index (χ3n) is 6.47. The third kappa shape index (κ3) is 5.32. The van der Waals surface area contributed by atoms with Gasteiger partial charge in [0.15, 0.2) is 5.78 Å². The van der Waals surface area contributed by atoms with Crippen molar-refractivity contribution < 1.29 is 29.6 Å². The second-order valence-corrected chi connectivity index (χ2v) is 9.11. The lowest BCUT2D eigenvalue weighted by Gasteiger charge is -2.13. The molecule has 40 heavy (non-hydrogen) atoms. The third-order valence-corrected chi connectivity index (χ3v) is 6.47. The van der Waals surface area contributed by atoms with Gasteiger partial charge in [0.2, 0.25) is 0 Å². The molecular formula is C30H22N2O8. The van der Waals surface area contributed by atoms with E-state index in [1.54, 1.807) is 43.3 Å². The van der Waals surface area contributed by atoms with E-state index in [0.29, 0.717) is 33.4 Å². The Bertz CT molecular complexity index is 1660. The normalized spacial score (nSPS) is 10.7. The fraction of sp³-hybridized carbons (Fsp3) is 0.0667. The van der Waals surface area contributed by atoms with Crippen LogP contribution in [0, 0.1) is 27.2 Å². The number of nitrogens with zero attached hydrogens (tertiary/aromatic N) is 2. The number of nitro groups is 2. The van der Waals surface area contributed by atoms with E-state index in [1.165, 1.54) is 25.1 Å². The molecule has 200 valence electrons. The number of hydrogen-bond acceptors (Lipinski definition) is 7. The van der Waals surface area contributed by atoms with Crippen LogP contribution in [-0.2, 0) is 0 Å². The van der Waals surface area contributed by atoms with E-state index in [0.717, 1.165) is 23.3 Å². The van der Waals surface area contributed by atoms with E-state index >= 15 is 0 Å². The van der Waals surface area contributed by atoms with Gasteiger partial charge >= 0.3 is 5.97 Å². The summed E-state index contributed by atoms with van der Waals surface area (Å²) in [6.45, 7) is 6.64. The molecule has 0 saturated heterocycles. The first-order valence-corrected chi connectivity index (χ1v) is 11.8. The number of benzene rings is 4. The maximum Gasteiger partial charge on any atom is 0.342 e. The molecule has 0 radical (unpaired) electrons. The molecule has 0 aliphatic rings. The highest BCUT2D eigenvalue weighted by atomic mass is 16.6. The highest BCUT2D eigenvalue weighted by Gasteiger charge is 2.22. The molecule has 0 spiro atoms. The predicted octanol–water partition coefficient (Wildman–Crippen LogP) is 7.24. The van der Waals surface area contributed by atoms with Gasteiger partial charge in [-0.3, -0.25) is 25.0 Å². The molecule has 0 heterocycles. The fourth-order valence-corrected chi connectivity index (χ4v) is 4.52. The number of Topliss-reactive ketones (excluding diaryl/α,β-unsaturated/α-hetero) is 1. The van der Waals surface area contributed by atoms with E-state index in [-0.39, 0.29) is 17.0 Å². The zero-order chi connectivity index (χ0) is 29.3. The number of aryl methyl sites for hydroxylation is 1. The van der Waals surface area contributed by atoms with Crippen LogP contribution in [0.1, 0.15) is 38.8 Å². The topological polar surface area (TPSA) is 161 Å². The molecule has 0 aliphatic heterocycles. The number of aliphatic hydroxyl groups excluding tert-OH is 1. The molecule has 0 unspecified atom stereocenters. The van der Waals surface area contributed by atoms with Gasteiger partial charge in [0, 0.05) is 17.7 Å². The lowest BCUT2D eigenvalue weighted by Crippen LogP contribution is -2.02. The van der Waals surface area contributed by atoms with Crippen molar-refractivity contribution in [3.63, 3.8) is 0 Å². The van der Waals surface area contributed by atoms with Crippen molar-refractivity contribution in [2.75, 3.05) is 0 Å². The van der Waals surface area contributed by atoms with Crippen LogP contribution in [0.2, 0.25) is 0 Å². The zero-order valence-electron chi connectivity index (χ0n) is 21.4. The minimum absolute atomic E-state index is 0.0412. The second-order valence-electron chi connectivity index (χ2n) is 9.11. The summed E-state index contributed by atoms with van der Waals surface area (Å²) in [6, 6.07) is 18.5. The molecule has 0 fully saturated rings. The number of hydrogen-bond donors (Lipinski definition) is 2. The first-order valence-electron chi connectivity index (χ1n) is 11.8. The van der Waals surface area contributed by atoms with Gasteiger partial charge in [-0.2, -0.15) is 0 Å². The highest BCUT2D eigenvalue weighted by Crippen LogP contribution is 2.37. The highest BCUT2D eigenvalue weighted by molar-refractivity contribution is 5.96. The average Bonchev–Trinajstić information content (AvgIpc) is 2.91. The summed E-state index contributed by atoms with van der Waals surface area (Å²) in [6.07, 6.45) is 0. The van der Waals surface area contributed by atoms with Crippen LogP contribution in [0.15, 0.2) is 79.4 Å². The molecule has 4 aromatic rings. The van der Waals surface area contributed by atoms with E-state index in [2.05, 4.69) is 6.58 Å². The number of carboxylic acids is 1. The summed E-state index contributed by atoms with van der Waals surface area (Å²) in [5.41, 5.74) is 2.99. The molecular weight excluding hydrogens is 516 g/mol. The molecule has 0 atom stereocenters. The van der Waals surface area contributed by atoms with Crippen LogP contribution < -0.4 is 0 Å². The van der Waals surface area contributed by atoms with E-state index in [9.17, 15) is 40.0 Å². The zero-order valence-corrected chi connectivity index (χ0v) is 21.4. The van der Waals surface area contributed by atoms with Crippen LogP contribution in [0.3, 0.4) is 0 Å². The smallest absolute Gasteiger partial charge is 0.342 e. The van der Waals surface area contributed by atoms with Gasteiger partial charge in [0.05, 0.1) is 15.4 Å². The molecule has 0 bridgehead atoms. The number of aromatic carboxylic acids is 1. The van der Waals surface area contributed by atoms with Crippen LogP contribution >= 0.6 is 0 Å². The van der Waals surface area contributed by atoms with Crippen molar-refractivity contribution in [3.8, 4) is 33.4 Å². The van der Waals surface area contributed by atoms with Crippen molar-refractivity contribution in [2.45, 2.75) is 13.8 Å². The van der Waals surface area contributed by atoms with Gasteiger partial charge in [0.25, 0.3) is 11.4 Å².